The van der Waals surface area contributed by atoms with Crippen LogP contribution in [0.25, 0.3) is 0 Å². The topological polar surface area (TPSA) is 88.5 Å². The minimum atomic E-state index is -0.0497. The van der Waals surface area contributed by atoms with E-state index in [1.165, 1.54) is 122 Å². The summed E-state index contributed by atoms with van der Waals surface area (Å²) >= 11 is 0. The summed E-state index contributed by atoms with van der Waals surface area (Å²) in [6, 6.07) is 0. The van der Waals surface area contributed by atoms with E-state index in [9.17, 15) is 9.59 Å². The molecule has 0 aromatic carbocycles. The van der Waals surface area contributed by atoms with Crippen molar-refractivity contribution < 1.29 is 28.9 Å². The third kappa shape index (κ3) is 42.2. The van der Waals surface area contributed by atoms with Crippen LogP contribution < -0.4 is 0 Å². The Morgan fingerprint density at radius 1 is 0.364 bits per heavy atom. The first-order valence-corrected chi connectivity index (χ1v) is 24.0. The van der Waals surface area contributed by atoms with Crippen molar-refractivity contribution in [2.75, 3.05) is 72.3 Å². The van der Waals surface area contributed by atoms with Gasteiger partial charge in [-0.15, -0.1) is 0 Å². The molecule has 328 valence electrons. The molecule has 0 radical (unpaired) electrons. The average molecular weight is 783 g/mol. The van der Waals surface area contributed by atoms with Crippen LogP contribution in [0.15, 0.2) is 0 Å². The highest BCUT2D eigenvalue weighted by Crippen LogP contribution is 2.13. The van der Waals surface area contributed by atoms with Crippen molar-refractivity contribution in [3.8, 4) is 0 Å². The van der Waals surface area contributed by atoms with E-state index in [0.29, 0.717) is 39.3 Å². The van der Waals surface area contributed by atoms with Gasteiger partial charge in [0.25, 0.3) is 0 Å². The molecule has 0 aliphatic heterocycles. The molecule has 0 bridgehead atoms. The third-order valence-corrected chi connectivity index (χ3v) is 10.8. The maximum atomic E-state index is 12.5. The van der Waals surface area contributed by atoms with Gasteiger partial charge in [0.1, 0.15) is 6.61 Å². The Morgan fingerprint density at radius 2 is 0.691 bits per heavy atom. The van der Waals surface area contributed by atoms with E-state index in [2.05, 4.69) is 30.6 Å². The van der Waals surface area contributed by atoms with Gasteiger partial charge >= 0.3 is 11.9 Å². The van der Waals surface area contributed by atoms with Crippen LogP contribution in [0.5, 0.6) is 0 Å². The van der Waals surface area contributed by atoms with E-state index < -0.39 is 0 Å². The highest BCUT2D eigenvalue weighted by Gasteiger charge is 2.10. The van der Waals surface area contributed by atoms with Crippen LogP contribution in [0.3, 0.4) is 0 Å². The highest BCUT2D eigenvalue weighted by molar-refractivity contribution is 5.69. The first-order chi connectivity index (χ1) is 27.1. The van der Waals surface area contributed by atoms with Crippen LogP contribution in [0.2, 0.25) is 0 Å². The first kappa shape index (κ1) is 53.8. The van der Waals surface area contributed by atoms with Crippen LogP contribution in [0.1, 0.15) is 220 Å². The molecular formula is C47H94N2O6. The fraction of sp³-hybridized carbons (Fsp3) is 0.957. The van der Waals surface area contributed by atoms with Crippen molar-refractivity contribution in [3.63, 3.8) is 0 Å². The lowest BCUT2D eigenvalue weighted by atomic mass is 10.1. The fourth-order valence-corrected chi connectivity index (χ4v) is 7.21. The number of ether oxygens (including phenoxy) is 3. The molecule has 8 nitrogen and oxygen atoms in total. The van der Waals surface area contributed by atoms with Gasteiger partial charge in [0.05, 0.1) is 26.4 Å². The lowest BCUT2D eigenvalue weighted by Gasteiger charge is -2.22. The minimum Gasteiger partial charge on any atom is -0.466 e. The third-order valence-electron chi connectivity index (χ3n) is 10.8. The normalized spacial score (nSPS) is 11.6. The summed E-state index contributed by atoms with van der Waals surface area (Å²) in [6.07, 6.45) is 36.6. The molecule has 1 N–H and O–H groups in total. The molecule has 0 heterocycles. The number of esters is 2. The predicted octanol–water partition coefficient (Wildman–Crippen LogP) is 11.8. The van der Waals surface area contributed by atoms with Crippen molar-refractivity contribution >= 4 is 11.9 Å². The SMILES string of the molecule is CCCCCCCCCCCOC(=O)CCCCCN(CCCCCCCC(=O)OCCN(CCCCCCCC)CCCCCCCC)CCOCCO. The molecule has 0 spiro atoms. The van der Waals surface area contributed by atoms with Crippen molar-refractivity contribution in [3.05, 3.63) is 0 Å². The summed E-state index contributed by atoms with van der Waals surface area (Å²) in [4.78, 5) is 29.6. The molecule has 8 heteroatoms. The molecule has 0 fully saturated rings. The molecule has 0 aliphatic rings. The summed E-state index contributed by atoms with van der Waals surface area (Å²) in [5, 5.41) is 9.06. The van der Waals surface area contributed by atoms with Crippen molar-refractivity contribution in [2.45, 2.75) is 220 Å². The van der Waals surface area contributed by atoms with Crippen LogP contribution in [-0.4, -0.2) is 99.1 Å². The molecule has 0 amide bonds. The summed E-state index contributed by atoms with van der Waals surface area (Å²) in [5.74, 6) is -0.0912. The summed E-state index contributed by atoms with van der Waals surface area (Å²) in [6.45, 7) is 15.0. The van der Waals surface area contributed by atoms with E-state index in [4.69, 9.17) is 19.3 Å². The monoisotopic (exact) mass is 783 g/mol. The molecule has 0 saturated carbocycles. The first-order valence-electron chi connectivity index (χ1n) is 24.0. The molecule has 0 unspecified atom stereocenters. The zero-order valence-electron chi connectivity index (χ0n) is 37.1. The lowest BCUT2D eigenvalue weighted by Crippen LogP contribution is -2.30. The largest absolute Gasteiger partial charge is 0.466 e. The Balaban J connectivity index is 4.11. The van der Waals surface area contributed by atoms with E-state index in [1.807, 2.05) is 0 Å². The lowest BCUT2D eigenvalue weighted by molar-refractivity contribution is -0.145. The van der Waals surface area contributed by atoms with Gasteiger partial charge in [-0.25, -0.2) is 0 Å². The number of rotatable bonds is 46. The molecule has 0 rings (SSSR count). The Bertz CT molecular complexity index is 769. The van der Waals surface area contributed by atoms with Gasteiger partial charge in [-0.1, -0.05) is 162 Å². The number of hydrogen-bond acceptors (Lipinski definition) is 8. The van der Waals surface area contributed by atoms with Gasteiger partial charge < -0.3 is 24.2 Å². The molecule has 55 heavy (non-hydrogen) atoms. The van der Waals surface area contributed by atoms with E-state index in [1.54, 1.807) is 0 Å². The second-order valence-corrected chi connectivity index (χ2v) is 16.2. The molecule has 0 aliphatic carbocycles. The Morgan fingerprint density at radius 3 is 1.11 bits per heavy atom. The number of aliphatic hydroxyl groups excluding tert-OH is 1. The van der Waals surface area contributed by atoms with E-state index in [0.717, 1.165) is 103 Å². The minimum absolute atomic E-state index is 0.0415. The average Bonchev–Trinajstić information content (AvgIpc) is 3.18. The van der Waals surface area contributed by atoms with Crippen LogP contribution in [0.4, 0.5) is 0 Å². The molecule has 0 atom stereocenters. The number of carbonyl (C=O) groups excluding carboxylic acids is 2. The highest BCUT2D eigenvalue weighted by atomic mass is 16.5. The predicted molar refractivity (Wildman–Crippen MR) is 233 cm³/mol. The summed E-state index contributed by atoms with van der Waals surface area (Å²) in [5.41, 5.74) is 0. The van der Waals surface area contributed by atoms with Gasteiger partial charge in [0.2, 0.25) is 0 Å². The number of hydrogen-bond donors (Lipinski definition) is 1. The van der Waals surface area contributed by atoms with Gasteiger partial charge in [-0.05, 0) is 71.1 Å². The second-order valence-electron chi connectivity index (χ2n) is 16.2. The zero-order chi connectivity index (χ0) is 40.1. The van der Waals surface area contributed by atoms with Crippen molar-refractivity contribution in [2.24, 2.45) is 0 Å². The Labute approximate surface area is 342 Å². The number of unbranched alkanes of at least 4 members (excludes halogenated alkanes) is 24. The van der Waals surface area contributed by atoms with Gasteiger partial charge in [0, 0.05) is 25.9 Å². The summed E-state index contributed by atoms with van der Waals surface area (Å²) < 4.78 is 16.7. The second kappa shape index (κ2) is 45.5. The van der Waals surface area contributed by atoms with Crippen LogP contribution in [0, 0.1) is 0 Å². The Kier molecular flexibility index (Phi) is 44.5. The van der Waals surface area contributed by atoms with Crippen molar-refractivity contribution in [1.82, 2.24) is 9.80 Å². The standard InChI is InChI=1S/C47H94N2O6/c1-4-7-10-13-16-17-18-24-32-42-54-46(51)34-27-25-31-38-48(39-43-53-45-41-50)35-30-23-19-20-26-33-47(52)55-44-40-49(36-28-21-14-11-8-5-2)37-29-22-15-12-9-6-3/h50H,4-45H2,1-3H3. The van der Waals surface area contributed by atoms with Crippen LogP contribution >= 0.6 is 0 Å². The van der Waals surface area contributed by atoms with Gasteiger partial charge in [-0.2, -0.15) is 0 Å². The molecule has 0 aromatic heterocycles. The smallest absolute Gasteiger partial charge is 0.305 e. The maximum Gasteiger partial charge on any atom is 0.305 e. The molecule has 0 saturated heterocycles. The molecular weight excluding hydrogens is 689 g/mol. The van der Waals surface area contributed by atoms with Crippen LogP contribution in [-0.2, 0) is 23.8 Å². The fourth-order valence-electron chi connectivity index (χ4n) is 7.21. The number of nitrogens with zero attached hydrogens (tertiary/aromatic N) is 2. The van der Waals surface area contributed by atoms with E-state index in [-0.39, 0.29) is 18.5 Å². The summed E-state index contributed by atoms with van der Waals surface area (Å²) in [7, 11) is 0. The zero-order valence-corrected chi connectivity index (χ0v) is 37.1. The van der Waals surface area contributed by atoms with Gasteiger partial charge in [0.15, 0.2) is 0 Å². The number of aliphatic hydroxyl groups is 1. The Hall–Kier alpha value is -1.22. The van der Waals surface area contributed by atoms with Crippen molar-refractivity contribution in [1.29, 1.82) is 0 Å². The molecule has 0 aromatic rings. The van der Waals surface area contributed by atoms with Gasteiger partial charge in [-0.3, -0.25) is 14.5 Å². The number of carbonyl (C=O) groups is 2. The van der Waals surface area contributed by atoms with E-state index >= 15 is 0 Å². The quantitative estimate of drug-likeness (QED) is 0.0482. The maximum absolute atomic E-state index is 12.5.